The number of aryl methyl sites for hydroxylation is 2. The van der Waals surface area contributed by atoms with Crippen LogP contribution in [-0.4, -0.2) is 31.8 Å². The third kappa shape index (κ3) is 9.50. The number of ketones is 1. The molecular formula is C26H31ClLiN2O4PPdS. The summed E-state index contributed by atoms with van der Waals surface area (Å²) in [7, 11) is -5.84. The van der Waals surface area contributed by atoms with E-state index >= 15 is 0 Å². The van der Waals surface area contributed by atoms with E-state index in [0.29, 0.717) is 5.30 Å². The molecule has 0 bridgehead atoms. The summed E-state index contributed by atoms with van der Waals surface area (Å²) < 4.78 is 40.6. The molecule has 0 aromatic heterocycles. The number of hydrogen-bond acceptors (Lipinski definition) is 6. The molecule has 0 saturated carbocycles. The maximum absolute atomic E-state index is 12.0. The average molecular weight is 647 g/mol. The van der Waals surface area contributed by atoms with E-state index in [0.717, 1.165) is 35.6 Å². The summed E-state index contributed by atoms with van der Waals surface area (Å²) in [5.74, 6) is 0.167. The summed E-state index contributed by atoms with van der Waals surface area (Å²) in [6, 6.07) is 22.8. The van der Waals surface area contributed by atoms with Crippen molar-refractivity contribution < 1.29 is 69.5 Å². The second-order valence-electron chi connectivity index (χ2n) is 7.94. The molecule has 11 heteroatoms. The molecule has 0 atom stereocenters. The van der Waals surface area contributed by atoms with E-state index in [9.17, 15) is 17.8 Å². The molecule has 1 saturated heterocycles. The van der Waals surface area contributed by atoms with Crippen molar-refractivity contribution in [2.75, 3.05) is 22.4 Å². The fraction of sp³-hybridized carbons (Fsp3) is 0.231. The topological polar surface area (TPSA) is 80.8 Å². The normalized spacial score (nSPS) is 12.6. The standard InChI is InChI=1S/C22H23N2O3PS.C3H6O.CH3.ClH.Li.Pd/c1-17-9-3-5-11-19(17)23-15-16-24(20-12-6-4-10-18(20)2)28(23)21-13-7-8-14-22(21)29(25,26)27;1-3(2)4;;;;/h3-14H,15-16H2,1-2H3,(H,25,26,27);1-2H3;1H3;1H;;/q;;-1;;+1;+2/p-2. The van der Waals surface area contributed by atoms with Crippen LogP contribution in [0.15, 0.2) is 77.7 Å². The molecular weight excluding hydrogens is 616 g/mol. The summed E-state index contributed by atoms with van der Waals surface area (Å²) in [5, 5.41) is 0.571. The third-order valence-electron chi connectivity index (χ3n) is 5.12. The Kier molecular flexibility index (Phi) is 17.1. The minimum Gasteiger partial charge on any atom is -1.00 e. The van der Waals surface area contributed by atoms with Crippen LogP contribution >= 0.6 is 8.22 Å². The van der Waals surface area contributed by atoms with Crippen molar-refractivity contribution in [2.45, 2.75) is 32.6 Å². The molecule has 0 spiro atoms. The van der Waals surface area contributed by atoms with Gasteiger partial charge in [0.05, 0.1) is 4.90 Å². The maximum Gasteiger partial charge on any atom is 2.00 e. The van der Waals surface area contributed by atoms with E-state index < -0.39 is 18.3 Å². The van der Waals surface area contributed by atoms with Gasteiger partial charge in [-0.1, -0.05) is 48.5 Å². The first-order valence-electron chi connectivity index (χ1n) is 10.6. The molecule has 1 aliphatic rings. The van der Waals surface area contributed by atoms with Gasteiger partial charge >= 0.3 is 39.3 Å². The van der Waals surface area contributed by atoms with Crippen molar-refractivity contribution in [1.29, 1.82) is 0 Å². The van der Waals surface area contributed by atoms with Gasteiger partial charge in [0.15, 0.2) is 0 Å². The first-order valence-corrected chi connectivity index (χ1v) is 13.2. The van der Waals surface area contributed by atoms with E-state index in [4.69, 9.17) is 0 Å². The quantitative estimate of drug-likeness (QED) is 0.160. The molecule has 1 aliphatic heterocycles. The van der Waals surface area contributed by atoms with Crippen LogP contribution in [0, 0.1) is 21.3 Å². The predicted octanol–water partition coefficient (Wildman–Crippen LogP) is -0.777. The van der Waals surface area contributed by atoms with E-state index in [1.807, 2.05) is 24.3 Å². The van der Waals surface area contributed by atoms with Crippen LogP contribution in [0.2, 0.25) is 0 Å². The van der Waals surface area contributed by atoms with Crippen molar-refractivity contribution in [3.8, 4) is 0 Å². The number of para-hydroxylation sites is 2. The van der Waals surface area contributed by atoms with Crippen LogP contribution in [0.4, 0.5) is 11.4 Å². The number of anilines is 2. The monoisotopic (exact) mass is 646 g/mol. The first kappa shape index (κ1) is 38.0. The van der Waals surface area contributed by atoms with Crippen LogP contribution in [0.1, 0.15) is 25.0 Å². The molecule has 0 amide bonds. The van der Waals surface area contributed by atoms with Crippen LogP contribution in [0.25, 0.3) is 0 Å². The molecule has 0 aliphatic carbocycles. The number of Topliss-reactive ketones (excluding diaryl/α,β-unsaturated/α-hetero) is 1. The minimum absolute atomic E-state index is 0. The van der Waals surface area contributed by atoms with E-state index in [1.54, 1.807) is 18.2 Å². The summed E-state index contributed by atoms with van der Waals surface area (Å²) >= 11 is 0. The molecule has 37 heavy (non-hydrogen) atoms. The zero-order valence-electron chi connectivity index (χ0n) is 21.9. The third-order valence-corrected chi connectivity index (χ3v) is 8.73. The Bertz CT molecular complexity index is 1210. The Labute approximate surface area is 255 Å². The number of benzene rings is 3. The molecule has 0 N–H and O–H groups in total. The maximum atomic E-state index is 12.0. The SMILES string of the molecule is CC(C)=O.Cc1ccccc1N1CCN(c2ccccc2C)P1c1ccccc1S(=O)(=O)[O-].[CH3-].[Cl-].[Li+].[Pd+2]. The number of carbonyl (C=O) groups is 1. The molecule has 4 rings (SSSR count). The first-order chi connectivity index (χ1) is 15.6. The number of halogens is 1. The van der Waals surface area contributed by atoms with Crippen LogP contribution in [0.3, 0.4) is 0 Å². The van der Waals surface area contributed by atoms with Gasteiger partial charge in [-0.05, 0) is 63.1 Å². The number of rotatable bonds is 4. The van der Waals surface area contributed by atoms with Gasteiger partial charge in [-0.3, -0.25) is 0 Å². The van der Waals surface area contributed by atoms with Crippen LogP contribution in [-0.2, 0) is 35.3 Å². The van der Waals surface area contributed by atoms with Gasteiger partial charge in [-0.25, -0.2) is 8.42 Å². The Balaban J connectivity index is 0. The molecule has 6 nitrogen and oxygen atoms in total. The van der Waals surface area contributed by atoms with Gasteiger partial charge in [-0.2, -0.15) is 0 Å². The van der Waals surface area contributed by atoms with Crippen molar-refractivity contribution in [1.82, 2.24) is 0 Å². The molecule has 0 unspecified atom stereocenters. The van der Waals surface area contributed by atoms with Gasteiger partial charge < -0.3 is 38.5 Å². The second kappa shape index (κ2) is 16.7. The summed E-state index contributed by atoms with van der Waals surface area (Å²) in [4.78, 5) is 9.31. The van der Waals surface area contributed by atoms with Crippen molar-refractivity contribution >= 4 is 40.8 Å². The van der Waals surface area contributed by atoms with Gasteiger partial charge in [0.25, 0.3) is 0 Å². The predicted molar refractivity (Wildman–Crippen MR) is 141 cm³/mol. The van der Waals surface area contributed by atoms with Gasteiger partial charge in [0.1, 0.15) is 24.1 Å². The van der Waals surface area contributed by atoms with Crippen LogP contribution in [0.5, 0.6) is 0 Å². The molecule has 3 aromatic rings. The van der Waals surface area contributed by atoms with Gasteiger partial charge in [0.2, 0.25) is 0 Å². The fourth-order valence-electron chi connectivity index (χ4n) is 3.75. The van der Waals surface area contributed by atoms with E-state index in [-0.39, 0.29) is 69.8 Å². The largest absolute Gasteiger partial charge is 2.00 e. The Hall–Kier alpha value is -1.18. The Morgan fingerprint density at radius 3 is 1.54 bits per heavy atom. The fourth-order valence-corrected chi connectivity index (χ4v) is 7.59. The zero-order valence-corrected chi connectivity index (χ0v) is 25.9. The van der Waals surface area contributed by atoms with E-state index in [1.165, 1.54) is 19.9 Å². The van der Waals surface area contributed by atoms with Crippen molar-refractivity contribution in [3.05, 3.63) is 91.3 Å². The number of hydrogen-bond donors (Lipinski definition) is 0. The van der Waals surface area contributed by atoms with Crippen molar-refractivity contribution in [2.24, 2.45) is 0 Å². The number of carbonyl (C=O) groups excluding carboxylic acids is 1. The second-order valence-corrected chi connectivity index (χ2v) is 11.3. The van der Waals surface area contributed by atoms with Gasteiger partial charge in [0, 0.05) is 29.8 Å². The minimum atomic E-state index is -4.59. The average Bonchev–Trinajstić information content (AvgIpc) is 3.18. The summed E-state index contributed by atoms with van der Waals surface area (Å²) in [6.07, 6.45) is 0. The molecule has 1 heterocycles. The number of nitrogens with zero attached hydrogens (tertiary/aromatic N) is 2. The van der Waals surface area contributed by atoms with Crippen LogP contribution < -0.4 is 45.9 Å². The summed E-state index contributed by atoms with van der Waals surface area (Å²) in [5.41, 5.74) is 4.36. The molecule has 1 fully saturated rings. The van der Waals surface area contributed by atoms with E-state index in [2.05, 4.69) is 47.5 Å². The Morgan fingerprint density at radius 2 is 1.16 bits per heavy atom. The van der Waals surface area contributed by atoms with Gasteiger partial charge in [-0.15, -0.1) is 0 Å². The summed E-state index contributed by atoms with van der Waals surface area (Å²) in [6.45, 7) is 8.65. The molecule has 0 radical (unpaired) electrons. The Morgan fingerprint density at radius 1 is 0.811 bits per heavy atom. The zero-order chi connectivity index (χ0) is 24.2. The smallest absolute Gasteiger partial charge is 1.00 e. The molecule has 198 valence electrons. The molecule has 3 aromatic carbocycles. The van der Waals surface area contributed by atoms with Crippen molar-refractivity contribution in [3.63, 3.8) is 0 Å².